The maximum Gasteiger partial charge on any atom is 0.346 e. The van der Waals surface area contributed by atoms with Crippen molar-refractivity contribution in [3.63, 3.8) is 0 Å². The summed E-state index contributed by atoms with van der Waals surface area (Å²) in [6.45, 7) is 3.90. The molecule has 0 radical (unpaired) electrons. The van der Waals surface area contributed by atoms with Crippen molar-refractivity contribution in [2.45, 2.75) is 83.5 Å². The fourth-order valence-electron chi connectivity index (χ4n) is 4.65. The van der Waals surface area contributed by atoms with Gasteiger partial charge in [-0.15, -0.1) is 0 Å². The molecule has 7 heteroatoms. The molecule has 1 aromatic carbocycles. The summed E-state index contributed by atoms with van der Waals surface area (Å²) in [4.78, 5) is 12.2. The van der Waals surface area contributed by atoms with Crippen LogP contribution in [0.3, 0.4) is 0 Å². The predicted molar refractivity (Wildman–Crippen MR) is 110 cm³/mol. The molecule has 1 saturated carbocycles. The lowest BCUT2D eigenvalue weighted by Gasteiger charge is -2.37. The van der Waals surface area contributed by atoms with Crippen LogP contribution in [0.25, 0.3) is 10.8 Å². The molecule has 0 atom stereocenters. The summed E-state index contributed by atoms with van der Waals surface area (Å²) in [5, 5.41) is -0.646. The molecule has 172 valence electrons. The Morgan fingerprint density at radius 3 is 2.32 bits per heavy atom. The Bertz CT molecular complexity index is 958. The molecule has 1 fully saturated rings. The van der Waals surface area contributed by atoms with Gasteiger partial charge in [0.15, 0.2) is 0 Å². The largest absolute Gasteiger partial charge is 0.427 e. The van der Waals surface area contributed by atoms with Crippen molar-refractivity contribution in [1.29, 1.82) is 0 Å². The molecule has 0 aliphatic heterocycles. The monoisotopic (exact) mass is 444 g/mol. The zero-order valence-corrected chi connectivity index (χ0v) is 18.0. The molecule has 0 bridgehead atoms. The number of hydrogen-bond donors (Lipinski definition) is 0. The average Bonchev–Trinajstić information content (AvgIpc) is 2.72. The lowest BCUT2D eigenvalue weighted by atomic mass is 9.75. The fourth-order valence-corrected chi connectivity index (χ4v) is 4.65. The molecule has 1 aromatic heterocycles. The Morgan fingerprint density at radius 2 is 1.71 bits per heavy atom. The standard InChI is InChI=1S/C24H29F5O2/c1-3-5-7-15-8-11-17(12-9-15)23(26,27)24(28,29)19-13-10-16-14-18(6-4-2)31-22(30)20(16)21(19)25/h10,13-15,17H,3-9,11-12H2,1-2H3. The van der Waals surface area contributed by atoms with Crippen molar-refractivity contribution in [3.8, 4) is 0 Å². The number of halogens is 5. The topological polar surface area (TPSA) is 30.2 Å². The van der Waals surface area contributed by atoms with E-state index in [-0.39, 0.29) is 24.1 Å². The molecule has 2 nitrogen and oxygen atoms in total. The molecule has 0 amide bonds. The van der Waals surface area contributed by atoms with Gasteiger partial charge >= 0.3 is 17.5 Å². The first-order chi connectivity index (χ1) is 14.6. The van der Waals surface area contributed by atoms with E-state index in [9.17, 15) is 18.0 Å². The molecule has 2 aromatic rings. The van der Waals surface area contributed by atoms with E-state index in [1.54, 1.807) is 0 Å². The highest BCUT2D eigenvalue weighted by Gasteiger charge is 2.62. The zero-order valence-electron chi connectivity index (χ0n) is 18.0. The summed E-state index contributed by atoms with van der Waals surface area (Å²) in [6.07, 6.45) is 4.91. The van der Waals surface area contributed by atoms with Crippen LogP contribution in [0.4, 0.5) is 22.0 Å². The van der Waals surface area contributed by atoms with Gasteiger partial charge in [-0.1, -0.05) is 39.2 Å². The molecule has 31 heavy (non-hydrogen) atoms. The zero-order chi connectivity index (χ0) is 22.8. The molecule has 0 unspecified atom stereocenters. The van der Waals surface area contributed by atoms with Gasteiger partial charge in [0, 0.05) is 12.3 Å². The minimum Gasteiger partial charge on any atom is -0.427 e. The van der Waals surface area contributed by atoms with E-state index in [1.165, 1.54) is 6.07 Å². The second-order valence-electron chi connectivity index (χ2n) is 8.70. The summed E-state index contributed by atoms with van der Waals surface area (Å²) in [5.74, 6) is -11.7. The molecule has 1 heterocycles. The molecule has 0 spiro atoms. The van der Waals surface area contributed by atoms with Gasteiger partial charge in [-0.25, -0.2) is 9.18 Å². The number of benzene rings is 1. The highest BCUT2D eigenvalue weighted by molar-refractivity contribution is 5.83. The maximum atomic E-state index is 15.0. The SMILES string of the molecule is CCCCC1CCC(C(F)(F)C(F)(F)c2ccc3cc(CCC)oc(=O)c3c2F)CC1. The van der Waals surface area contributed by atoms with E-state index >= 15 is 8.78 Å². The van der Waals surface area contributed by atoms with Gasteiger partial charge in [0.2, 0.25) is 0 Å². The van der Waals surface area contributed by atoms with Crippen LogP contribution in [0.15, 0.2) is 27.4 Å². The van der Waals surface area contributed by atoms with Crippen molar-refractivity contribution in [2.75, 3.05) is 0 Å². The number of fused-ring (bicyclic) bond motifs is 1. The minimum absolute atomic E-state index is 0.0192. The van der Waals surface area contributed by atoms with Gasteiger partial charge in [0.1, 0.15) is 17.0 Å². The van der Waals surface area contributed by atoms with Crippen LogP contribution in [0.2, 0.25) is 0 Å². The first-order valence-electron chi connectivity index (χ1n) is 11.1. The summed E-state index contributed by atoms with van der Waals surface area (Å²) in [5.41, 5.74) is -2.58. The number of alkyl halides is 4. The summed E-state index contributed by atoms with van der Waals surface area (Å²) < 4.78 is 80.0. The van der Waals surface area contributed by atoms with Crippen molar-refractivity contribution in [3.05, 3.63) is 45.8 Å². The number of rotatable bonds is 8. The number of unbranched alkanes of at least 4 members (excludes halogenated alkanes) is 1. The molecule has 0 saturated heterocycles. The first-order valence-corrected chi connectivity index (χ1v) is 11.1. The third kappa shape index (κ3) is 4.51. The van der Waals surface area contributed by atoms with Crippen molar-refractivity contribution >= 4 is 10.8 Å². The lowest BCUT2D eigenvalue weighted by Crippen LogP contribution is -2.46. The predicted octanol–water partition coefficient (Wildman–Crippen LogP) is 7.61. The third-order valence-electron chi connectivity index (χ3n) is 6.50. The molecular formula is C24H29F5O2. The van der Waals surface area contributed by atoms with Gasteiger partial charge < -0.3 is 4.42 Å². The Hall–Kier alpha value is -1.92. The Balaban J connectivity index is 1.91. The van der Waals surface area contributed by atoms with Gasteiger partial charge in [-0.2, -0.15) is 17.6 Å². The third-order valence-corrected chi connectivity index (χ3v) is 6.50. The smallest absolute Gasteiger partial charge is 0.346 e. The van der Waals surface area contributed by atoms with Crippen LogP contribution in [-0.4, -0.2) is 5.92 Å². The van der Waals surface area contributed by atoms with E-state index in [2.05, 4.69) is 0 Å². The van der Waals surface area contributed by atoms with E-state index in [1.807, 2.05) is 13.8 Å². The second-order valence-corrected chi connectivity index (χ2v) is 8.70. The summed E-state index contributed by atoms with van der Waals surface area (Å²) in [7, 11) is 0. The highest BCUT2D eigenvalue weighted by atomic mass is 19.3. The molecule has 1 aliphatic carbocycles. The van der Waals surface area contributed by atoms with Crippen LogP contribution in [0.5, 0.6) is 0 Å². The quantitative estimate of drug-likeness (QED) is 0.392. The minimum atomic E-state index is -4.74. The van der Waals surface area contributed by atoms with Crippen molar-refractivity contribution in [1.82, 2.24) is 0 Å². The maximum absolute atomic E-state index is 15.0. The normalized spacial score (nSPS) is 20.4. The van der Waals surface area contributed by atoms with Crippen LogP contribution in [0.1, 0.15) is 76.5 Å². The average molecular weight is 444 g/mol. The molecular weight excluding hydrogens is 415 g/mol. The Labute approximate surface area is 178 Å². The van der Waals surface area contributed by atoms with E-state index in [4.69, 9.17) is 4.42 Å². The summed E-state index contributed by atoms with van der Waals surface area (Å²) in [6, 6.07) is 3.16. The first kappa shape index (κ1) is 23.7. The number of hydrogen-bond acceptors (Lipinski definition) is 2. The lowest BCUT2D eigenvalue weighted by molar-refractivity contribution is -0.250. The van der Waals surface area contributed by atoms with Gasteiger partial charge in [-0.05, 0) is 55.5 Å². The van der Waals surface area contributed by atoms with Crippen LogP contribution < -0.4 is 5.63 Å². The van der Waals surface area contributed by atoms with Gasteiger partial charge in [-0.3, -0.25) is 0 Å². The van der Waals surface area contributed by atoms with Gasteiger partial charge in [0.05, 0.1) is 5.56 Å². The van der Waals surface area contributed by atoms with Crippen LogP contribution in [0, 0.1) is 17.7 Å². The van der Waals surface area contributed by atoms with E-state index in [0.29, 0.717) is 37.5 Å². The second kappa shape index (κ2) is 9.29. The molecule has 3 rings (SSSR count). The van der Waals surface area contributed by atoms with E-state index < -0.39 is 40.2 Å². The van der Waals surface area contributed by atoms with Crippen LogP contribution >= 0.6 is 0 Å². The Kier molecular flexibility index (Phi) is 7.11. The summed E-state index contributed by atoms with van der Waals surface area (Å²) >= 11 is 0. The van der Waals surface area contributed by atoms with E-state index in [0.717, 1.165) is 25.3 Å². The molecule has 0 N–H and O–H groups in total. The highest BCUT2D eigenvalue weighted by Crippen LogP contribution is 2.52. The fraction of sp³-hybridized carbons (Fsp3) is 0.625. The number of aryl methyl sites for hydroxylation is 1. The molecule has 1 aliphatic rings. The Morgan fingerprint density at radius 1 is 1.03 bits per heavy atom. The van der Waals surface area contributed by atoms with Crippen molar-refractivity contribution in [2.24, 2.45) is 11.8 Å². The van der Waals surface area contributed by atoms with Crippen LogP contribution in [-0.2, 0) is 12.3 Å². The van der Waals surface area contributed by atoms with Gasteiger partial charge in [0.25, 0.3) is 0 Å². The van der Waals surface area contributed by atoms with Crippen molar-refractivity contribution < 1.29 is 26.4 Å².